The molecular weight excluding hydrogens is 208 g/mol. The van der Waals surface area contributed by atoms with Gasteiger partial charge in [-0.25, -0.2) is 0 Å². The molecule has 0 amide bonds. The molecule has 16 heavy (non-hydrogen) atoms. The largest absolute Gasteiger partial charge is 0.465 e. The van der Waals surface area contributed by atoms with Crippen LogP contribution in [0.15, 0.2) is 0 Å². The second kappa shape index (κ2) is 5.23. The highest BCUT2D eigenvalue weighted by atomic mass is 16.5. The highest BCUT2D eigenvalue weighted by Crippen LogP contribution is 2.27. The van der Waals surface area contributed by atoms with Crippen molar-refractivity contribution in [2.24, 2.45) is 5.41 Å². The molecule has 4 heteroatoms. The topological polar surface area (TPSA) is 60.4 Å². The smallest absolute Gasteiger partial charge is 0.306 e. The Morgan fingerprint density at radius 3 is 2.25 bits per heavy atom. The van der Waals surface area contributed by atoms with Gasteiger partial charge in [-0.15, -0.1) is 0 Å². The normalized spacial score (nSPS) is 23.5. The van der Waals surface area contributed by atoms with Gasteiger partial charge in [0, 0.05) is 25.7 Å². The minimum absolute atomic E-state index is 0.0131. The summed E-state index contributed by atoms with van der Waals surface area (Å²) in [6.07, 6.45) is 1.34. The average molecular weight is 226 g/mol. The van der Waals surface area contributed by atoms with Crippen molar-refractivity contribution < 1.29 is 19.1 Å². The average Bonchev–Trinajstić information content (AvgIpc) is 2.13. The van der Waals surface area contributed by atoms with E-state index in [0.717, 1.165) is 0 Å². The first-order chi connectivity index (χ1) is 7.39. The molecular formula is C12H18O4. The van der Waals surface area contributed by atoms with Gasteiger partial charge in [0.15, 0.2) is 0 Å². The summed E-state index contributed by atoms with van der Waals surface area (Å²) in [5.41, 5.74) is -0.373. The number of ketones is 2. The quantitative estimate of drug-likeness (QED) is 0.589. The van der Waals surface area contributed by atoms with Crippen molar-refractivity contribution in [3.8, 4) is 0 Å². The van der Waals surface area contributed by atoms with Crippen LogP contribution >= 0.6 is 0 Å². The first kappa shape index (κ1) is 12.9. The number of carbonyl (C=O) groups is 3. The van der Waals surface area contributed by atoms with E-state index >= 15 is 0 Å². The summed E-state index contributed by atoms with van der Waals surface area (Å²) in [5.74, 6) is -0.290. The Balaban J connectivity index is 2.68. The van der Waals surface area contributed by atoms with Gasteiger partial charge in [0.25, 0.3) is 0 Å². The van der Waals surface area contributed by atoms with Gasteiger partial charge in [-0.3, -0.25) is 14.4 Å². The molecule has 0 radical (unpaired) electrons. The SMILES string of the molecule is CC1(C)CC(=O)CCC(=O)CCOC(=O)C1. The van der Waals surface area contributed by atoms with Crippen LogP contribution in [0, 0.1) is 5.41 Å². The number of carbonyl (C=O) groups excluding carboxylic acids is 3. The Bertz CT molecular complexity index is 304. The van der Waals surface area contributed by atoms with E-state index in [1.165, 1.54) is 0 Å². The lowest BCUT2D eigenvalue weighted by atomic mass is 9.83. The highest BCUT2D eigenvalue weighted by Gasteiger charge is 2.27. The van der Waals surface area contributed by atoms with Crippen molar-refractivity contribution in [2.75, 3.05) is 6.61 Å². The molecule has 1 rings (SSSR count). The molecule has 0 N–H and O–H groups in total. The van der Waals surface area contributed by atoms with Gasteiger partial charge in [0.2, 0.25) is 0 Å². The second-order valence-electron chi connectivity index (χ2n) is 5.07. The monoisotopic (exact) mass is 226 g/mol. The standard InChI is InChI=1S/C12H18O4/c1-12(2)7-10(14)4-3-9(13)5-6-16-11(15)8-12/h3-8H2,1-2H3. The van der Waals surface area contributed by atoms with Gasteiger partial charge in [0.05, 0.1) is 13.0 Å². The Kier molecular flexibility index (Phi) is 4.21. The Hall–Kier alpha value is -1.19. The number of Topliss-reactive ketones (excluding diaryl/α,β-unsaturated/α-hetero) is 2. The number of ether oxygens (including phenoxy) is 1. The third-order valence-corrected chi connectivity index (χ3v) is 2.63. The number of hydrogen-bond donors (Lipinski definition) is 0. The van der Waals surface area contributed by atoms with Gasteiger partial charge in [-0.05, 0) is 5.41 Å². The van der Waals surface area contributed by atoms with Crippen molar-refractivity contribution in [1.82, 2.24) is 0 Å². The highest BCUT2D eigenvalue weighted by molar-refractivity contribution is 5.87. The molecule has 0 aromatic carbocycles. The minimum atomic E-state index is -0.373. The summed E-state index contributed by atoms with van der Waals surface area (Å²) < 4.78 is 4.94. The molecule has 90 valence electrons. The van der Waals surface area contributed by atoms with E-state index in [4.69, 9.17) is 4.74 Å². The molecule has 0 aromatic heterocycles. The number of esters is 1. The van der Waals surface area contributed by atoms with Gasteiger partial charge in [0.1, 0.15) is 11.6 Å². The third-order valence-electron chi connectivity index (χ3n) is 2.63. The first-order valence-electron chi connectivity index (χ1n) is 5.58. The van der Waals surface area contributed by atoms with Crippen LogP contribution in [0.25, 0.3) is 0 Å². The fourth-order valence-electron chi connectivity index (χ4n) is 1.81. The minimum Gasteiger partial charge on any atom is -0.465 e. The molecule has 0 spiro atoms. The molecule has 0 aromatic rings. The Morgan fingerprint density at radius 2 is 1.56 bits per heavy atom. The molecule has 0 atom stereocenters. The summed E-state index contributed by atoms with van der Waals surface area (Å²) in [6, 6.07) is 0. The predicted molar refractivity (Wildman–Crippen MR) is 57.8 cm³/mol. The van der Waals surface area contributed by atoms with E-state index < -0.39 is 0 Å². The Morgan fingerprint density at radius 1 is 0.938 bits per heavy atom. The molecule has 0 unspecified atom stereocenters. The fraction of sp³-hybridized carbons (Fsp3) is 0.750. The van der Waals surface area contributed by atoms with E-state index in [1.807, 2.05) is 13.8 Å². The molecule has 1 heterocycles. The molecule has 1 fully saturated rings. The lowest BCUT2D eigenvalue weighted by molar-refractivity contribution is -0.146. The van der Waals surface area contributed by atoms with Crippen molar-refractivity contribution in [1.29, 1.82) is 0 Å². The molecule has 4 nitrogen and oxygen atoms in total. The van der Waals surface area contributed by atoms with E-state index in [0.29, 0.717) is 6.42 Å². The van der Waals surface area contributed by atoms with Gasteiger partial charge in [-0.2, -0.15) is 0 Å². The predicted octanol–water partition coefficient (Wildman–Crippen LogP) is 1.66. The van der Waals surface area contributed by atoms with Crippen molar-refractivity contribution in [3.05, 3.63) is 0 Å². The summed E-state index contributed by atoms with van der Waals surface area (Å²) in [7, 11) is 0. The Labute approximate surface area is 95.3 Å². The molecule has 1 saturated heterocycles. The van der Waals surface area contributed by atoms with Crippen LogP contribution in [0.4, 0.5) is 0 Å². The van der Waals surface area contributed by atoms with Gasteiger partial charge >= 0.3 is 5.97 Å². The van der Waals surface area contributed by atoms with Crippen LogP contribution in [0.2, 0.25) is 0 Å². The molecule has 1 aliphatic rings. The maximum absolute atomic E-state index is 11.6. The van der Waals surface area contributed by atoms with Crippen LogP contribution in [0.1, 0.15) is 46.0 Å². The summed E-state index contributed by atoms with van der Waals surface area (Å²) in [4.78, 5) is 34.3. The van der Waals surface area contributed by atoms with E-state index in [-0.39, 0.29) is 55.2 Å². The second-order valence-corrected chi connectivity index (χ2v) is 5.07. The lowest BCUT2D eigenvalue weighted by Gasteiger charge is -2.21. The van der Waals surface area contributed by atoms with Crippen LogP contribution in [-0.4, -0.2) is 24.1 Å². The summed E-state index contributed by atoms with van der Waals surface area (Å²) in [6.45, 7) is 3.87. The van der Waals surface area contributed by atoms with Crippen LogP contribution < -0.4 is 0 Å². The maximum atomic E-state index is 11.6. The zero-order valence-corrected chi connectivity index (χ0v) is 9.88. The zero-order valence-electron chi connectivity index (χ0n) is 9.88. The lowest BCUT2D eigenvalue weighted by Crippen LogP contribution is -2.22. The van der Waals surface area contributed by atoms with E-state index in [2.05, 4.69) is 0 Å². The molecule has 0 aliphatic carbocycles. The van der Waals surface area contributed by atoms with Gasteiger partial charge < -0.3 is 4.74 Å². The summed E-state index contributed by atoms with van der Waals surface area (Å²) >= 11 is 0. The molecule has 0 saturated carbocycles. The van der Waals surface area contributed by atoms with E-state index in [1.54, 1.807) is 0 Å². The van der Waals surface area contributed by atoms with Crippen LogP contribution in [-0.2, 0) is 19.1 Å². The van der Waals surface area contributed by atoms with Crippen molar-refractivity contribution in [3.63, 3.8) is 0 Å². The number of cyclic esters (lactones) is 1. The molecule has 1 aliphatic heterocycles. The number of hydrogen-bond acceptors (Lipinski definition) is 4. The zero-order chi connectivity index (χ0) is 12.2. The van der Waals surface area contributed by atoms with Crippen molar-refractivity contribution >= 4 is 17.5 Å². The fourth-order valence-corrected chi connectivity index (χ4v) is 1.81. The molecule has 0 bridgehead atoms. The number of rotatable bonds is 0. The third kappa shape index (κ3) is 4.55. The first-order valence-corrected chi connectivity index (χ1v) is 5.58. The van der Waals surface area contributed by atoms with Gasteiger partial charge in [-0.1, -0.05) is 13.8 Å². The van der Waals surface area contributed by atoms with Crippen LogP contribution in [0.3, 0.4) is 0 Å². The van der Waals surface area contributed by atoms with Crippen molar-refractivity contribution in [2.45, 2.75) is 46.0 Å². The summed E-state index contributed by atoms with van der Waals surface area (Å²) in [5, 5.41) is 0. The van der Waals surface area contributed by atoms with E-state index in [9.17, 15) is 14.4 Å². The van der Waals surface area contributed by atoms with Crippen LogP contribution in [0.5, 0.6) is 0 Å². The maximum Gasteiger partial charge on any atom is 0.306 e.